The second kappa shape index (κ2) is 9.09. The molecule has 31 heavy (non-hydrogen) atoms. The molecule has 2 heteroatoms. The van der Waals surface area contributed by atoms with Crippen LogP contribution in [-0.4, -0.2) is 23.9 Å². The van der Waals surface area contributed by atoms with Crippen LogP contribution in [0.2, 0.25) is 0 Å². The van der Waals surface area contributed by atoms with Gasteiger partial charge < -0.3 is 4.74 Å². The van der Waals surface area contributed by atoms with Gasteiger partial charge in [0.1, 0.15) is 12.8 Å². The van der Waals surface area contributed by atoms with Gasteiger partial charge in [-0.1, -0.05) is 62.6 Å². The number of unbranched alkanes of at least 4 members (excludes halogenated alkanes) is 3. The minimum Gasteiger partial charge on any atom is -0.494 e. The van der Waals surface area contributed by atoms with Gasteiger partial charge in [0.05, 0.1) is 12.0 Å². The highest BCUT2D eigenvalue weighted by molar-refractivity contribution is 6.09. The lowest BCUT2D eigenvalue weighted by atomic mass is 9.79. The summed E-state index contributed by atoms with van der Waals surface area (Å²) in [6.45, 7) is 7.70. The molecule has 1 heterocycles. The normalized spacial score (nSPS) is 15.1. The molecule has 160 valence electrons. The summed E-state index contributed by atoms with van der Waals surface area (Å²) in [4.78, 5) is 0. The molecule has 0 unspecified atom stereocenters. The fraction of sp³-hybridized carbons (Fsp3) is 0.345. The minimum atomic E-state index is -0.0526. The molecule has 0 radical (unpaired) electrons. The van der Waals surface area contributed by atoms with Gasteiger partial charge in [-0.2, -0.15) is 4.58 Å². The molecule has 0 saturated carbocycles. The molecule has 1 aliphatic heterocycles. The predicted molar refractivity (Wildman–Crippen MR) is 133 cm³/mol. The summed E-state index contributed by atoms with van der Waals surface area (Å²) in [6.07, 6.45) is 9.41. The van der Waals surface area contributed by atoms with Crippen LogP contribution in [0, 0.1) is 0 Å². The molecule has 0 atom stereocenters. The van der Waals surface area contributed by atoms with Gasteiger partial charge in [0.15, 0.2) is 5.71 Å². The van der Waals surface area contributed by atoms with E-state index in [0.29, 0.717) is 0 Å². The summed E-state index contributed by atoms with van der Waals surface area (Å²) in [6, 6.07) is 21.6. The molecule has 3 aromatic rings. The number of allylic oxidation sites excluding steroid dienone is 1. The minimum absolute atomic E-state index is 0.0526. The number of nitrogens with zero attached hydrogens (tertiary/aromatic N) is 1. The SMILES string of the molecule is CCCCCCOc1ccc(/C=C/C2=[N+](C)c3ccc4ccccc4c3C2(C)C)cc1. The molecule has 0 aliphatic carbocycles. The quantitative estimate of drug-likeness (QED) is 0.275. The summed E-state index contributed by atoms with van der Waals surface area (Å²) in [5.41, 5.74) is 5.17. The van der Waals surface area contributed by atoms with Crippen molar-refractivity contribution >= 4 is 28.2 Å². The Bertz CT molecular complexity index is 1120. The zero-order valence-corrected chi connectivity index (χ0v) is 19.3. The zero-order valence-electron chi connectivity index (χ0n) is 19.3. The Morgan fingerprint density at radius 1 is 0.871 bits per heavy atom. The smallest absolute Gasteiger partial charge is 0.210 e. The molecule has 3 aromatic carbocycles. The van der Waals surface area contributed by atoms with Gasteiger partial charge in [-0.3, -0.25) is 0 Å². The Labute approximate surface area is 186 Å². The molecular weight excluding hydrogens is 378 g/mol. The van der Waals surface area contributed by atoms with Crippen LogP contribution in [0.1, 0.15) is 57.6 Å². The van der Waals surface area contributed by atoms with Crippen molar-refractivity contribution in [1.29, 1.82) is 0 Å². The van der Waals surface area contributed by atoms with E-state index >= 15 is 0 Å². The summed E-state index contributed by atoms with van der Waals surface area (Å²) in [5.74, 6) is 0.957. The summed E-state index contributed by atoms with van der Waals surface area (Å²) >= 11 is 0. The number of benzene rings is 3. The van der Waals surface area contributed by atoms with Gasteiger partial charge in [0, 0.05) is 17.7 Å². The fourth-order valence-electron chi connectivity index (χ4n) is 4.76. The van der Waals surface area contributed by atoms with Crippen molar-refractivity contribution in [2.45, 2.75) is 51.9 Å². The van der Waals surface area contributed by atoms with Crippen LogP contribution in [0.5, 0.6) is 5.75 Å². The van der Waals surface area contributed by atoms with E-state index in [2.05, 4.69) is 105 Å². The Kier molecular flexibility index (Phi) is 6.27. The predicted octanol–water partition coefficient (Wildman–Crippen LogP) is 7.52. The molecule has 0 fully saturated rings. The van der Waals surface area contributed by atoms with Gasteiger partial charge >= 0.3 is 0 Å². The van der Waals surface area contributed by atoms with Crippen LogP contribution < -0.4 is 4.74 Å². The molecule has 0 bridgehead atoms. The number of ether oxygens (including phenoxy) is 1. The molecule has 0 aromatic heterocycles. The average molecular weight is 413 g/mol. The van der Waals surface area contributed by atoms with E-state index in [4.69, 9.17) is 4.74 Å². The van der Waals surface area contributed by atoms with Crippen molar-refractivity contribution in [2.24, 2.45) is 0 Å². The highest BCUT2D eigenvalue weighted by Crippen LogP contribution is 2.43. The molecule has 4 rings (SSSR count). The van der Waals surface area contributed by atoms with Gasteiger partial charge in [0.2, 0.25) is 5.69 Å². The molecule has 0 N–H and O–H groups in total. The maximum absolute atomic E-state index is 5.88. The summed E-state index contributed by atoms with van der Waals surface area (Å²) < 4.78 is 8.22. The van der Waals surface area contributed by atoms with Crippen molar-refractivity contribution < 1.29 is 9.31 Å². The Hall–Kier alpha value is -2.87. The molecular formula is C29H34NO+. The van der Waals surface area contributed by atoms with Crippen LogP contribution in [0.4, 0.5) is 5.69 Å². The van der Waals surface area contributed by atoms with Crippen molar-refractivity contribution in [3.63, 3.8) is 0 Å². The first-order valence-corrected chi connectivity index (χ1v) is 11.6. The number of hydrogen-bond donors (Lipinski definition) is 0. The second-order valence-corrected chi connectivity index (χ2v) is 9.06. The first-order valence-electron chi connectivity index (χ1n) is 11.6. The van der Waals surface area contributed by atoms with Gasteiger partial charge in [-0.15, -0.1) is 0 Å². The monoisotopic (exact) mass is 412 g/mol. The van der Waals surface area contributed by atoms with E-state index in [0.717, 1.165) is 18.8 Å². The van der Waals surface area contributed by atoms with E-state index in [1.54, 1.807) is 0 Å². The van der Waals surface area contributed by atoms with E-state index < -0.39 is 0 Å². The van der Waals surface area contributed by atoms with Crippen molar-refractivity contribution in [1.82, 2.24) is 0 Å². The third-order valence-corrected chi connectivity index (χ3v) is 6.48. The van der Waals surface area contributed by atoms with E-state index in [1.807, 2.05) is 0 Å². The van der Waals surface area contributed by atoms with Gasteiger partial charge in [0.25, 0.3) is 0 Å². The largest absolute Gasteiger partial charge is 0.494 e. The average Bonchev–Trinajstić information content (AvgIpc) is 2.98. The van der Waals surface area contributed by atoms with Crippen molar-refractivity contribution in [3.05, 3.63) is 77.9 Å². The summed E-state index contributed by atoms with van der Waals surface area (Å²) in [5, 5.41) is 2.65. The van der Waals surface area contributed by atoms with E-state index in [1.165, 1.54) is 52.6 Å². The first kappa shape index (κ1) is 21.4. The van der Waals surface area contributed by atoms with Crippen LogP contribution in [0.25, 0.3) is 16.8 Å². The molecule has 0 spiro atoms. The van der Waals surface area contributed by atoms with Gasteiger partial charge in [-0.25, -0.2) is 0 Å². The Morgan fingerprint density at radius 3 is 2.42 bits per heavy atom. The Morgan fingerprint density at radius 2 is 1.65 bits per heavy atom. The van der Waals surface area contributed by atoms with Gasteiger partial charge in [-0.05, 0) is 60.9 Å². The fourth-order valence-corrected chi connectivity index (χ4v) is 4.76. The molecule has 1 aliphatic rings. The third-order valence-electron chi connectivity index (χ3n) is 6.48. The lowest BCUT2D eigenvalue weighted by Crippen LogP contribution is -2.26. The highest BCUT2D eigenvalue weighted by atomic mass is 16.5. The van der Waals surface area contributed by atoms with Crippen molar-refractivity contribution in [2.75, 3.05) is 13.7 Å². The maximum atomic E-state index is 5.88. The van der Waals surface area contributed by atoms with Crippen LogP contribution in [0.3, 0.4) is 0 Å². The lowest BCUT2D eigenvalue weighted by molar-refractivity contribution is -0.401. The second-order valence-electron chi connectivity index (χ2n) is 9.06. The molecule has 0 saturated heterocycles. The van der Waals surface area contributed by atoms with E-state index in [-0.39, 0.29) is 5.41 Å². The number of hydrogen-bond acceptors (Lipinski definition) is 1. The number of rotatable bonds is 8. The molecule has 2 nitrogen and oxygen atoms in total. The standard InChI is InChI=1S/C29H34NO/c1-5-6-7-10-21-31-24-17-13-22(14-18-24)15-20-27-29(2,3)28-25-12-9-8-11-23(25)16-19-26(28)30(27)4/h8-9,11-20H,5-7,10,21H2,1-4H3/q+1/b20-15+. The zero-order chi connectivity index (χ0) is 21.8. The Balaban J connectivity index is 1.51. The molecule has 0 amide bonds. The topological polar surface area (TPSA) is 12.2 Å². The maximum Gasteiger partial charge on any atom is 0.210 e. The number of fused-ring (bicyclic) bond motifs is 3. The van der Waals surface area contributed by atoms with Crippen LogP contribution in [0.15, 0.2) is 66.7 Å². The third kappa shape index (κ3) is 4.30. The van der Waals surface area contributed by atoms with Crippen molar-refractivity contribution in [3.8, 4) is 5.75 Å². The highest BCUT2D eigenvalue weighted by Gasteiger charge is 2.44. The first-order chi connectivity index (χ1) is 15.0. The lowest BCUT2D eigenvalue weighted by Gasteiger charge is -2.17. The van der Waals surface area contributed by atoms with Crippen LogP contribution >= 0.6 is 0 Å². The van der Waals surface area contributed by atoms with E-state index in [9.17, 15) is 0 Å². The summed E-state index contributed by atoms with van der Waals surface area (Å²) in [7, 11) is 2.18. The van der Waals surface area contributed by atoms with Crippen LogP contribution in [-0.2, 0) is 5.41 Å².